The molecule has 0 atom stereocenters. The standard InChI is InChI=1S/C23H26N4O2/c1-16-6-5-8-19(14-16)22-25-23(29-26-22)18-10-12-27(13-11-18)15-21(28)24-20-9-4-3-7-17(20)2/h3-9,14,18H,10-13,15H2,1-2H3,(H,24,28). The van der Waals surface area contributed by atoms with Crippen molar-refractivity contribution in [2.24, 2.45) is 0 Å². The van der Waals surface area contributed by atoms with Crippen LogP contribution in [0.15, 0.2) is 53.1 Å². The summed E-state index contributed by atoms with van der Waals surface area (Å²) in [6, 6.07) is 15.9. The second-order valence-electron chi connectivity index (χ2n) is 7.74. The van der Waals surface area contributed by atoms with Gasteiger partial charge in [0.05, 0.1) is 6.54 Å². The van der Waals surface area contributed by atoms with Gasteiger partial charge in [0.2, 0.25) is 17.6 Å². The van der Waals surface area contributed by atoms with Crippen molar-refractivity contribution in [2.45, 2.75) is 32.6 Å². The zero-order valence-corrected chi connectivity index (χ0v) is 16.9. The zero-order valence-electron chi connectivity index (χ0n) is 16.9. The van der Waals surface area contributed by atoms with E-state index in [2.05, 4.69) is 39.4 Å². The lowest BCUT2D eigenvalue weighted by atomic mass is 9.97. The van der Waals surface area contributed by atoms with Crippen LogP contribution in [-0.2, 0) is 4.79 Å². The van der Waals surface area contributed by atoms with E-state index in [0.717, 1.165) is 42.7 Å². The van der Waals surface area contributed by atoms with Crippen molar-refractivity contribution < 1.29 is 9.32 Å². The maximum atomic E-state index is 12.4. The molecule has 0 radical (unpaired) electrons. The number of aryl methyl sites for hydroxylation is 2. The summed E-state index contributed by atoms with van der Waals surface area (Å²) in [6.07, 6.45) is 1.82. The van der Waals surface area contributed by atoms with Crippen LogP contribution in [0.5, 0.6) is 0 Å². The molecule has 1 N–H and O–H groups in total. The number of hydrogen-bond donors (Lipinski definition) is 1. The molecule has 2 aromatic carbocycles. The Hall–Kier alpha value is -2.99. The predicted octanol–water partition coefficient (Wildman–Crippen LogP) is 4.17. The molecular formula is C23H26N4O2. The number of benzene rings is 2. The van der Waals surface area contributed by atoms with E-state index < -0.39 is 0 Å². The number of amides is 1. The van der Waals surface area contributed by atoms with Crippen LogP contribution in [0.1, 0.15) is 35.8 Å². The highest BCUT2D eigenvalue weighted by molar-refractivity contribution is 5.92. The van der Waals surface area contributed by atoms with Gasteiger partial charge in [-0.15, -0.1) is 0 Å². The number of nitrogens with zero attached hydrogens (tertiary/aromatic N) is 3. The molecule has 29 heavy (non-hydrogen) atoms. The lowest BCUT2D eigenvalue weighted by Crippen LogP contribution is -2.38. The van der Waals surface area contributed by atoms with Gasteiger partial charge in [-0.2, -0.15) is 4.98 Å². The van der Waals surface area contributed by atoms with Gasteiger partial charge in [0.15, 0.2) is 0 Å². The summed E-state index contributed by atoms with van der Waals surface area (Å²) in [5.74, 6) is 1.61. The molecule has 3 aromatic rings. The van der Waals surface area contributed by atoms with Gasteiger partial charge >= 0.3 is 0 Å². The highest BCUT2D eigenvalue weighted by Gasteiger charge is 2.26. The molecule has 6 heteroatoms. The van der Waals surface area contributed by atoms with Crippen molar-refractivity contribution in [3.63, 3.8) is 0 Å². The molecule has 150 valence electrons. The second-order valence-corrected chi connectivity index (χ2v) is 7.74. The van der Waals surface area contributed by atoms with E-state index in [1.54, 1.807) is 0 Å². The molecule has 2 heterocycles. The summed E-state index contributed by atoms with van der Waals surface area (Å²) in [6.45, 7) is 6.13. The Morgan fingerprint density at radius 1 is 1.14 bits per heavy atom. The fraction of sp³-hybridized carbons (Fsp3) is 0.348. The third-order valence-electron chi connectivity index (χ3n) is 5.44. The number of para-hydroxylation sites is 1. The second kappa shape index (κ2) is 8.57. The molecular weight excluding hydrogens is 364 g/mol. The number of aromatic nitrogens is 2. The molecule has 1 amide bonds. The first-order chi connectivity index (χ1) is 14.1. The highest BCUT2D eigenvalue weighted by atomic mass is 16.5. The molecule has 1 saturated heterocycles. The van der Waals surface area contributed by atoms with Gasteiger partial charge in [-0.1, -0.05) is 47.1 Å². The molecule has 4 rings (SSSR count). The lowest BCUT2D eigenvalue weighted by molar-refractivity contribution is -0.117. The topological polar surface area (TPSA) is 71.3 Å². The van der Waals surface area contributed by atoms with E-state index in [1.165, 1.54) is 5.56 Å². The molecule has 0 unspecified atom stereocenters. The Morgan fingerprint density at radius 2 is 1.93 bits per heavy atom. The Labute approximate surface area is 170 Å². The van der Waals surface area contributed by atoms with Crippen LogP contribution in [-0.4, -0.2) is 40.6 Å². The number of anilines is 1. The first kappa shape index (κ1) is 19.3. The van der Waals surface area contributed by atoms with Gasteiger partial charge in [-0.25, -0.2) is 0 Å². The van der Waals surface area contributed by atoms with Gasteiger partial charge in [0.1, 0.15) is 0 Å². The van der Waals surface area contributed by atoms with Crippen molar-refractivity contribution in [1.29, 1.82) is 0 Å². The number of likely N-dealkylation sites (tertiary alicyclic amines) is 1. The Kier molecular flexibility index (Phi) is 5.71. The minimum Gasteiger partial charge on any atom is -0.339 e. The van der Waals surface area contributed by atoms with Crippen molar-refractivity contribution in [2.75, 3.05) is 25.0 Å². The zero-order chi connectivity index (χ0) is 20.2. The molecule has 1 aromatic heterocycles. The monoisotopic (exact) mass is 390 g/mol. The lowest BCUT2D eigenvalue weighted by Gasteiger charge is -2.29. The molecule has 1 aliphatic rings. The smallest absolute Gasteiger partial charge is 0.238 e. The Balaban J connectivity index is 1.31. The highest BCUT2D eigenvalue weighted by Crippen LogP contribution is 2.28. The van der Waals surface area contributed by atoms with Gasteiger partial charge in [-0.3, -0.25) is 9.69 Å². The van der Waals surface area contributed by atoms with E-state index in [9.17, 15) is 4.79 Å². The fourth-order valence-electron chi connectivity index (χ4n) is 3.75. The summed E-state index contributed by atoms with van der Waals surface area (Å²) in [4.78, 5) is 19.2. The molecule has 0 saturated carbocycles. The molecule has 0 spiro atoms. The maximum Gasteiger partial charge on any atom is 0.238 e. The van der Waals surface area contributed by atoms with Gasteiger partial charge < -0.3 is 9.84 Å². The van der Waals surface area contributed by atoms with Crippen LogP contribution in [0.3, 0.4) is 0 Å². The van der Waals surface area contributed by atoms with Crippen molar-refractivity contribution in [3.05, 3.63) is 65.5 Å². The molecule has 0 bridgehead atoms. The van der Waals surface area contributed by atoms with Crippen LogP contribution < -0.4 is 5.32 Å². The summed E-state index contributed by atoms with van der Waals surface area (Å²) in [5, 5.41) is 7.17. The number of rotatable bonds is 5. The Bertz CT molecular complexity index is 990. The number of carbonyl (C=O) groups is 1. The molecule has 1 aliphatic heterocycles. The number of hydrogen-bond acceptors (Lipinski definition) is 5. The average molecular weight is 390 g/mol. The minimum absolute atomic E-state index is 0.0253. The van der Waals surface area contributed by atoms with E-state index in [-0.39, 0.29) is 11.8 Å². The van der Waals surface area contributed by atoms with Crippen LogP contribution >= 0.6 is 0 Å². The van der Waals surface area contributed by atoms with Crippen LogP contribution in [0.2, 0.25) is 0 Å². The van der Waals surface area contributed by atoms with Gasteiger partial charge in [0, 0.05) is 17.2 Å². The molecule has 0 aliphatic carbocycles. The van der Waals surface area contributed by atoms with Crippen molar-refractivity contribution in [3.8, 4) is 11.4 Å². The summed E-state index contributed by atoms with van der Waals surface area (Å²) >= 11 is 0. The summed E-state index contributed by atoms with van der Waals surface area (Å²) < 4.78 is 5.55. The number of piperidine rings is 1. The largest absolute Gasteiger partial charge is 0.339 e. The van der Waals surface area contributed by atoms with Gasteiger partial charge in [-0.05, 0) is 57.5 Å². The fourth-order valence-corrected chi connectivity index (χ4v) is 3.75. The molecule has 1 fully saturated rings. The predicted molar refractivity (Wildman–Crippen MR) is 113 cm³/mol. The Morgan fingerprint density at radius 3 is 2.69 bits per heavy atom. The minimum atomic E-state index is 0.0253. The summed E-state index contributed by atoms with van der Waals surface area (Å²) in [7, 11) is 0. The van der Waals surface area contributed by atoms with Crippen LogP contribution in [0.25, 0.3) is 11.4 Å². The maximum absolute atomic E-state index is 12.4. The quantitative estimate of drug-likeness (QED) is 0.708. The molecule has 6 nitrogen and oxygen atoms in total. The van der Waals surface area contributed by atoms with Crippen LogP contribution in [0, 0.1) is 13.8 Å². The number of nitrogens with one attached hydrogen (secondary N) is 1. The van der Waals surface area contributed by atoms with E-state index >= 15 is 0 Å². The van der Waals surface area contributed by atoms with Crippen molar-refractivity contribution in [1.82, 2.24) is 15.0 Å². The first-order valence-electron chi connectivity index (χ1n) is 10.1. The van der Waals surface area contributed by atoms with E-state index in [1.807, 2.05) is 43.3 Å². The van der Waals surface area contributed by atoms with Crippen molar-refractivity contribution >= 4 is 11.6 Å². The van der Waals surface area contributed by atoms with E-state index in [4.69, 9.17) is 4.52 Å². The third kappa shape index (κ3) is 4.71. The normalized spacial score (nSPS) is 15.4. The third-order valence-corrected chi connectivity index (χ3v) is 5.44. The first-order valence-corrected chi connectivity index (χ1v) is 10.1. The summed E-state index contributed by atoms with van der Waals surface area (Å²) in [5.41, 5.74) is 4.10. The average Bonchev–Trinajstić information content (AvgIpc) is 3.21. The van der Waals surface area contributed by atoms with Gasteiger partial charge in [0.25, 0.3) is 0 Å². The van der Waals surface area contributed by atoms with Crippen LogP contribution in [0.4, 0.5) is 5.69 Å². The number of carbonyl (C=O) groups excluding carboxylic acids is 1. The van der Waals surface area contributed by atoms with E-state index in [0.29, 0.717) is 18.3 Å². The SMILES string of the molecule is Cc1cccc(-c2noc(C3CCN(CC(=O)Nc4ccccc4C)CC3)n2)c1.